The van der Waals surface area contributed by atoms with Gasteiger partial charge in [-0.3, -0.25) is 14.4 Å². The Morgan fingerprint density at radius 1 is 1.05 bits per heavy atom. The first-order chi connectivity index (χ1) is 19.3. The number of carbonyl (C=O) groups is 2. The maximum absolute atomic E-state index is 13.6. The molecule has 0 aliphatic carbocycles. The number of nitrogens with one attached hydrogen (secondary N) is 1. The van der Waals surface area contributed by atoms with Crippen molar-refractivity contribution in [1.29, 1.82) is 0 Å². The third kappa shape index (κ3) is 6.27. The van der Waals surface area contributed by atoms with Crippen molar-refractivity contribution in [3.8, 4) is 11.1 Å². The van der Waals surface area contributed by atoms with Gasteiger partial charge in [0.1, 0.15) is 6.04 Å². The van der Waals surface area contributed by atoms with E-state index in [-0.39, 0.29) is 25.2 Å². The molecule has 2 aromatic carbocycles. The maximum atomic E-state index is 13.6. The second kappa shape index (κ2) is 12.3. The molecular formula is C29H30ClN3O7. The molecule has 11 heteroatoms. The Balaban J connectivity index is 1.53. The number of hydrogen-bond acceptors (Lipinski definition) is 7. The summed E-state index contributed by atoms with van der Waals surface area (Å²) < 4.78 is 18.7. The van der Waals surface area contributed by atoms with E-state index in [9.17, 15) is 19.5 Å². The largest absolute Gasteiger partial charge is 0.394 e. The van der Waals surface area contributed by atoms with Gasteiger partial charge in [0.15, 0.2) is 0 Å². The van der Waals surface area contributed by atoms with Crippen LogP contribution in [0.2, 0.25) is 5.02 Å². The number of aliphatic hydroxyl groups excluding tert-OH is 1. The van der Waals surface area contributed by atoms with E-state index in [0.29, 0.717) is 53.6 Å². The van der Waals surface area contributed by atoms with Crippen LogP contribution >= 0.6 is 11.6 Å². The number of primary amides is 1. The summed E-state index contributed by atoms with van der Waals surface area (Å²) in [6, 6.07) is 12.1. The van der Waals surface area contributed by atoms with Gasteiger partial charge in [0.25, 0.3) is 5.56 Å². The lowest BCUT2D eigenvalue weighted by molar-refractivity contribution is -0.124. The summed E-state index contributed by atoms with van der Waals surface area (Å²) in [6.07, 6.45) is 1.44. The molecule has 1 fully saturated rings. The molecule has 0 radical (unpaired) electrons. The predicted molar refractivity (Wildman–Crippen MR) is 148 cm³/mol. The van der Waals surface area contributed by atoms with Crippen molar-refractivity contribution in [3.05, 3.63) is 86.8 Å². The van der Waals surface area contributed by atoms with E-state index in [1.54, 1.807) is 30.5 Å². The molecule has 3 atom stereocenters. The van der Waals surface area contributed by atoms with Gasteiger partial charge in [-0.05, 0) is 53.1 Å². The molecule has 4 N–H and O–H groups in total. The number of rotatable bonds is 7. The Labute approximate surface area is 235 Å². The summed E-state index contributed by atoms with van der Waals surface area (Å²) in [5, 5.41) is 13.2. The Morgan fingerprint density at radius 2 is 1.82 bits per heavy atom. The topological polar surface area (TPSA) is 142 Å². The van der Waals surface area contributed by atoms with E-state index in [1.807, 2.05) is 6.07 Å². The highest BCUT2D eigenvalue weighted by atomic mass is 35.5. The summed E-state index contributed by atoms with van der Waals surface area (Å²) in [4.78, 5) is 38.7. The number of pyridine rings is 1. The van der Waals surface area contributed by atoms with Crippen LogP contribution in [0, 0.1) is 0 Å². The van der Waals surface area contributed by atoms with Crippen LogP contribution in [0.4, 0.5) is 5.69 Å². The van der Waals surface area contributed by atoms with Gasteiger partial charge in [0.2, 0.25) is 11.8 Å². The van der Waals surface area contributed by atoms with Crippen LogP contribution in [0.15, 0.2) is 59.5 Å². The molecule has 3 heterocycles. The van der Waals surface area contributed by atoms with E-state index >= 15 is 0 Å². The Hall–Kier alpha value is -3.54. The Bertz CT molecular complexity index is 1450. The lowest BCUT2D eigenvalue weighted by atomic mass is 9.92. The van der Waals surface area contributed by atoms with Gasteiger partial charge in [0.05, 0.1) is 45.2 Å². The van der Waals surface area contributed by atoms with Crippen molar-refractivity contribution in [1.82, 2.24) is 4.57 Å². The number of halogens is 1. The SMILES string of the molecule is NC(=O)c1ccc(NC(=O)C(C[C@@H]2COCCO2)n2cc3c(cc2=O)-c2cc(Cl)ccc2CC(CO)OC3)cc1. The van der Waals surface area contributed by atoms with Crippen LogP contribution in [0.3, 0.4) is 0 Å². The van der Waals surface area contributed by atoms with Crippen LogP contribution in [-0.2, 0) is 32.0 Å². The monoisotopic (exact) mass is 567 g/mol. The number of fused-ring (bicyclic) bond motifs is 3. The number of hydrogen-bond donors (Lipinski definition) is 3. The van der Waals surface area contributed by atoms with Crippen molar-refractivity contribution in [3.63, 3.8) is 0 Å². The molecule has 2 unspecified atom stereocenters. The molecule has 5 rings (SSSR count). The fourth-order valence-electron chi connectivity index (χ4n) is 5.02. The van der Waals surface area contributed by atoms with Crippen LogP contribution in [0.25, 0.3) is 11.1 Å². The molecule has 1 saturated heterocycles. The molecule has 3 aromatic rings. The van der Waals surface area contributed by atoms with E-state index in [1.165, 1.54) is 22.8 Å². The molecule has 2 amide bonds. The number of nitrogens with two attached hydrogens (primary N) is 1. The van der Waals surface area contributed by atoms with Crippen molar-refractivity contribution < 1.29 is 28.9 Å². The van der Waals surface area contributed by atoms with Crippen molar-refractivity contribution in [2.75, 3.05) is 31.7 Å². The smallest absolute Gasteiger partial charge is 0.251 e. The van der Waals surface area contributed by atoms with Crippen molar-refractivity contribution >= 4 is 29.1 Å². The standard InChI is InChI=1S/C29H30ClN3O7/c30-20-4-1-18-9-22(14-34)40-15-19-13-33(27(35)12-25(19)24(18)10-20)26(11-23-16-38-7-8-39-23)29(37)32-21-5-2-17(3-6-21)28(31)36/h1-6,10,12-13,22-23,26,34H,7-9,11,14-16H2,(H2,31,36)(H,32,37)/t22?,23-,26?/m1/s1. The lowest BCUT2D eigenvalue weighted by Gasteiger charge is -2.29. The van der Waals surface area contributed by atoms with Gasteiger partial charge in [0, 0.05) is 46.9 Å². The minimum atomic E-state index is -0.946. The number of benzene rings is 2. The summed E-state index contributed by atoms with van der Waals surface area (Å²) in [7, 11) is 0. The molecule has 2 aliphatic rings. The first-order valence-electron chi connectivity index (χ1n) is 13.0. The second-order valence-electron chi connectivity index (χ2n) is 9.83. The Kier molecular flexibility index (Phi) is 8.63. The first kappa shape index (κ1) is 28.0. The number of carbonyl (C=O) groups excluding carboxylic acids is 2. The fraction of sp³-hybridized carbons (Fsp3) is 0.345. The number of ether oxygens (including phenoxy) is 3. The zero-order valence-electron chi connectivity index (χ0n) is 21.7. The molecular weight excluding hydrogens is 538 g/mol. The molecule has 2 aliphatic heterocycles. The maximum Gasteiger partial charge on any atom is 0.251 e. The normalized spacial score (nSPS) is 19.4. The fourth-order valence-corrected chi connectivity index (χ4v) is 5.19. The number of aromatic nitrogens is 1. The zero-order chi connectivity index (χ0) is 28.2. The molecule has 40 heavy (non-hydrogen) atoms. The van der Waals surface area contributed by atoms with E-state index in [4.69, 9.17) is 31.5 Å². The Morgan fingerprint density at radius 3 is 2.52 bits per heavy atom. The summed E-state index contributed by atoms with van der Waals surface area (Å²) >= 11 is 6.31. The van der Waals surface area contributed by atoms with Gasteiger partial charge in [-0.15, -0.1) is 0 Å². The highest BCUT2D eigenvalue weighted by molar-refractivity contribution is 6.30. The minimum absolute atomic E-state index is 0.124. The van der Waals surface area contributed by atoms with E-state index in [2.05, 4.69) is 5.32 Å². The van der Waals surface area contributed by atoms with Crippen LogP contribution in [0.5, 0.6) is 0 Å². The van der Waals surface area contributed by atoms with Gasteiger partial charge in [-0.1, -0.05) is 17.7 Å². The molecule has 0 spiro atoms. The predicted octanol–water partition coefficient (Wildman–Crippen LogP) is 2.69. The molecule has 0 bridgehead atoms. The number of nitrogens with zero attached hydrogens (tertiary/aromatic N) is 1. The average Bonchev–Trinajstić information content (AvgIpc) is 2.95. The van der Waals surface area contributed by atoms with Crippen LogP contribution in [0.1, 0.15) is 33.9 Å². The summed E-state index contributed by atoms with van der Waals surface area (Å²) in [5.74, 6) is -1.02. The molecule has 10 nitrogen and oxygen atoms in total. The van der Waals surface area contributed by atoms with Crippen LogP contribution < -0.4 is 16.6 Å². The summed E-state index contributed by atoms with van der Waals surface area (Å²) in [6.45, 7) is 1.10. The minimum Gasteiger partial charge on any atom is -0.394 e. The van der Waals surface area contributed by atoms with Gasteiger partial charge >= 0.3 is 0 Å². The van der Waals surface area contributed by atoms with Gasteiger partial charge < -0.3 is 34.9 Å². The molecule has 210 valence electrons. The quantitative estimate of drug-likeness (QED) is 0.398. The zero-order valence-corrected chi connectivity index (χ0v) is 22.4. The third-order valence-corrected chi connectivity index (χ3v) is 7.33. The van der Waals surface area contributed by atoms with Crippen LogP contribution in [-0.4, -0.2) is 60.1 Å². The number of amides is 2. The summed E-state index contributed by atoms with van der Waals surface area (Å²) in [5.41, 5.74) is 8.70. The van der Waals surface area contributed by atoms with E-state index < -0.39 is 30.1 Å². The third-order valence-electron chi connectivity index (χ3n) is 7.10. The average molecular weight is 568 g/mol. The number of aliphatic hydroxyl groups is 1. The highest BCUT2D eigenvalue weighted by Gasteiger charge is 2.29. The van der Waals surface area contributed by atoms with Gasteiger partial charge in [-0.25, -0.2) is 0 Å². The number of anilines is 1. The first-order valence-corrected chi connectivity index (χ1v) is 13.4. The van der Waals surface area contributed by atoms with E-state index in [0.717, 1.165) is 11.1 Å². The lowest BCUT2D eigenvalue weighted by Crippen LogP contribution is -2.39. The second-order valence-corrected chi connectivity index (χ2v) is 10.3. The highest BCUT2D eigenvalue weighted by Crippen LogP contribution is 2.33. The molecule has 0 saturated carbocycles. The van der Waals surface area contributed by atoms with Crippen molar-refractivity contribution in [2.45, 2.75) is 37.7 Å². The van der Waals surface area contributed by atoms with Gasteiger partial charge in [-0.2, -0.15) is 0 Å². The molecule has 1 aromatic heterocycles. The van der Waals surface area contributed by atoms with Crippen molar-refractivity contribution in [2.24, 2.45) is 5.73 Å².